The fourth-order valence-corrected chi connectivity index (χ4v) is 3.03. The van der Waals surface area contributed by atoms with Crippen molar-refractivity contribution in [3.63, 3.8) is 0 Å². The molecule has 0 saturated carbocycles. The molecule has 0 fully saturated rings. The maximum atomic E-state index is 12.3. The molecule has 1 aromatic carbocycles. The Morgan fingerprint density at radius 3 is 2.95 bits per heavy atom. The van der Waals surface area contributed by atoms with Crippen molar-refractivity contribution in [3.05, 3.63) is 47.8 Å². The third-order valence-electron chi connectivity index (χ3n) is 2.81. The molecule has 6 nitrogen and oxygen atoms in total. The molecular formula is C14H15N3O3S. The Labute approximate surface area is 123 Å². The van der Waals surface area contributed by atoms with Gasteiger partial charge in [-0.25, -0.2) is 13.1 Å². The molecule has 1 aromatic heterocycles. The van der Waals surface area contributed by atoms with Crippen molar-refractivity contribution in [2.24, 2.45) is 0 Å². The SMILES string of the molecule is CC(NS(=O)(=O)c1cccc(C#CCO)c1)c1cn[nH]c1. The summed E-state index contributed by atoms with van der Waals surface area (Å²) in [5.74, 6) is 5.16. The number of aliphatic hydroxyl groups excluding tert-OH is 1. The molecule has 0 radical (unpaired) electrons. The van der Waals surface area contributed by atoms with Crippen LogP contribution in [0.4, 0.5) is 0 Å². The number of rotatable bonds is 4. The molecule has 7 heteroatoms. The monoisotopic (exact) mass is 305 g/mol. The third kappa shape index (κ3) is 3.92. The van der Waals surface area contributed by atoms with Gasteiger partial charge in [-0.05, 0) is 25.1 Å². The fourth-order valence-electron chi connectivity index (χ4n) is 1.75. The van der Waals surface area contributed by atoms with E-state index in [1.54, 1.807) is 31.5 Å². The van der Waals surface area contributed by atoms with Gasteiger partial charge in [0.05, 0.1) is 11.1 Å². The molecule has 0 saturated heterocycles. The van der Waals surface area contributed by atoms with Crippen LogP contribution in [0, 0.1) is 11.8 Å². The first-order valence-electron chi connectivity index (χ1n) is 6.24. The number of aromatic nitrogens is 2. The van der Waals surface area contributed by atoms with E-state index >= 15 is 0 Å². The molecule has 110 valence electrons. The van der Waals surface area contributed by atoms with Crippen molar-refractivity contribution >= 4 is 10.0 Å². The summed E-state index contributed by atoms with van der Waals surface area (Å²) in [5.41, 5.74) is 1.28. The predicted molar refractivity (Wildman–Crippen MR) is 77.7 cm³/mol. The number of hydrogen-bond donors (Lipinski definition) is 3. The molecule has 2 aromatic rings. The van der Waals surface area contributed by atoms with Crippen LogP contribution in [0.25, 0.3) is 0 Å². The number of nitrogens with zero attached hydrogens (tertiary/aromatic N) is 1. The third-order valence-corrected chi connectivity index (χ3v) is 4.35. The Bertz CT molecular complexity index is 758. The Balaban J connectivity index is 2.23. The normalized spacial score (nSPS) is 12.5. The molecule has 3 N–H and O–H groups in total. The van der Waals surface area contributed by atoms with Gasteiger partial charge < -0.3 is 5.11 Å². The number of nitrogens with one attached hydrogen (secondary N) is 2. The van der Waals surface area contributed by atoms with E-state index in [1.165, 1.54) is 12.1 Å². The minimum atomic E-state index is -3.66. The van der Waals surface area contributed by atoms with Crippen molar-refractivity contribution in [2.45, 2.75) is 17.9 Å². The summed E-state index contributed by atoms with van der Waals surface area (Å²) < 4.78 is 27.2. The lowest BCUT2D eigenvalue weighted by molar-refractivity contribution is 0.350. The van der Waals surface area contributed by atoms with Crippen LogP contribution < -0.4 is 4.72 Å². The number of aromatic amines is 1. The predicted octanol–water partition coefficient (Wildman–Crippen LogP) is 0.793. The minimum absolute atomic E-state index is 0.127. The molecule has 0 aliphatic heterocycles. The van der Waals surface area contributed by atoms with E-state index in [2.05, 4.69) is 26.8 Å². The number of sulfonamides is 1. The van der Waals surface area contributed by atoms with Gasteiger partial charge in [-0.15, -0.1) is 0 Å². The quantitative estimate of drug-likeness (QED) is 0.728. The summed E-state index contributed by atoms with van der Waals surface area (Å²) in [6, 6.07) is 5.85. The van der Waals surface area contributed by atoms with Crippen LogP contribution in [-0.4, -0.2) is 30.3 Å². The zero-order valence-corrected chi connectivity index (χ0v) is 12.2. The molecule has 1 atom stereocenters. The van der Waals surface area contributed by atoms with E-state index in [0.717, 1.165) is 5.56 Å². The average molecular weight is 305 g/mol. The number of benzene rings is 1. The average Bonchev–Trinajstić information content (AvgIpc) is 2.99. The molecule has 0 aliphatic carbocycles. The van der Waals surface area contributed by atoms with E-state index < -0.39 is 16.1 Å². The highest BCUT2D eigenvalue weighted by molar-refractivity contribution is 7.89. The molecular weight excluding hydrogens is 290 g/mol. The molecule has 0 amide bonds. The second kappa shape index (κ2) is 6.54. The van der Waals surface area contributed by atoms with Crippen molar-refractivity contribution in [2.75, 3.05) is 6.61 Å². The number of H-pyrrole nitrogens is 1. The Kier molecular flexibility index (Phi) is 4.75. The van der Waals surface area contributed by atoms with Crippen LogP contribution in [-0.2, 0) is 10.0 Å². The van der Waals surface area contributed by atoms with Gasteiger partial charge in [0.2, 0.25) is 10.0 Å². The highest BCUT2D eigenvalue weighted by Gasteiger charge is 2.19. The first kappa shape index (κ1) is 15.3. The van der Waals surface area contributed by atoms with Gasteiger partial charge in [-0.1, -0.05) is 17.9 Å². The van der Waals surface area contributed by atoms with E-state index in [1.807, 2.05) is 0 Å². The van der Waals surface area contributed by atoms with E-state index in [0.29, 0.717) is 5.56 Å². The van der Waals surface area contributed by atoms with Crippen LogP contribution in [0.1, 0.15) is 24.1 Å². The lowest BCUT2D eigenvalue weighted by atomic mass is 10.2. The zero-order valence-electron chi connectivity index (χ0n) is 11.4. The van der Waals surface area contributed by atoms with Crippen molar-refractivity contribution < 1.29 is 13.5 Å². The smallest absolute Gasteiger partial charge is 0.241 e. The van der Waals surface area contributed by atoms with E-state index in [9.17, 15) is 8.42 Å². The second-order valence-electron chi connectivity index (χ2n) is 4.36. The van der Waals surface area contributed by atoms with Crippen molar-refractivity contribution in [1.29, 1.82) is 0 Å². The summed E-state index contributed by atoms with van der Waals surface area (Å²) in [4.78, 5) is 0.127. The second-order valence-corrected chi connectivity index (χ2v) is 6.08. The van der Waals surface area contributed by atoms with Crippen LogP contribution in [0.5, 0.6) is 0 Å². The van der Waals surface area contributed by atoms with Crippen LogP contribution in [0.2, 0.25) is 0 Å². The Morgan fingerprint density at radius 2 is 2.29 bits per heavy atom. The van der Waals surface area contributed by atoms with Gasteiger partial charge >= 0.3 is 0 Å². The lowest BCUT2D eigenvalue weighted by Crippen LogP contribution is -2.26. The first-order chi connectivity index (χ1) is 10.0. The van der Waals surface area contributed by atoms with Crippen molar-refractivity contribution in [3.8, 4) is 11.8 Å². The van der Waals surface area contributed by atoms with Gasteiger partial charge in [-0.2, -0.15) is 5.10 Å². The lowest BCUT2D eigenvalue weighted by Gasteiger charge is -2.12. The maximum Gasteiger partial charge on any atom is 0.241 e. The fraction of sp³-hybridized carbons (Fsp3) is 0.214. The summed E-state index contributed by atoms with van der Waals surface area (Å²) in [5, 5.41) is 15.1. The standard InChI is InChI=1S/C14H15N3O3S/c1-11(13-9-15-16-10-13)17-21(19,20)14-6-2-4-12(8-14)5-3-7-18/h2,4,6,8-11,17-18H,7H2,1H3,(H,15,16). The largest absolute Gasteiger partial charge is 0.384 e. The number of aliphatic hydroxyl groups is 1. The minimum Gasteiger partial charge on any atom is -0.384 e. The molecule has 1 unspecified atom stereocenters. The summed E-state index contributed by atoms with van der Waals surface area (Å²) in [7, 11) is -3.66. The highest BCUT2D eigenvalue weighted by Crippen LogP contribution is 2.16. The van der Waals surface area contributed by atoms with E-state index in [-0.39, 0.29) is 11.5 Å². The Hall–Kier alpha value is -2.14. The van der Waals surface area contributed by atoms with E-state index in [4.69, 9.17) is 5.11 Å². The molecule has 2 rings (SSSR count). The molecule has 0 spiro atoms. The van der Waals surface area contributed by atoms with Crippen molar-refractivity contribution in [1.82, 2.24) is 14.9 Å². The summed E-state index contributed by atoms with van der Waals surface area (Å²) in [6.45, 7) is 1.46. The van der Waals surface area contributed by atoms with Gasteiger partial charge in [0, 0.05) is 23.4 Å². The van der Waals surface area contributed by atoms with Gasteiger partial charge in [0.15, 0.2) is 0 Å². The number of hydrogen-bond acceptors (Lipinski definition) is 4. The topological polar surface area (TPSA) is 95.1 Å². The van der Waals surface area contributed by atoms with Gasteiger partial charge in [-0.3, -0.25) is 5.10 Å². The van der Waals surface area contributed by atoms with Gasteiger partial charge in [0.25, 0.3) is 0 Å². The van der Waals surface area contributed by atoms with Gasteiger partial charge in [0.1, 0.15) is 6.61 Å². The van der Waals surface area contributed by atoms with Crippen LogP contribution in [0.3, 0.4) is 0 Å². The maximum absolute atomic E-state index is 12.3. The summed E-state index contributed by atoms with van der Waals surface area (Å²) in [6.07, 6.45) is 3.20. The molecule has 0 bridgehead atoms. The molecule has 1 heterocycles. The highest BCUT2D eigenvalue weighted by atomic mass is 32.2. The molecule has 21 heavy (non-hydrogen) atoms. The van der Waals surface area contributed by atoms with Crippen LogP contribution >= 0.6 is 0 Å². The van der Waals surface area contributed by atoms with Crippen LogP contribution in [0.15, 0.2) is 41.6 Å². The summed E-state index contributed by atoms with van der Waals surface area (Å²) >= 11 is 0. The molecule has 0 aliphatic rings. The zero-order chi connectivity index (χ0) is 15.3. The first-order valence-corrected chi connectivity index (χ1v) is 7.72. The Morgan fingerprint density at radius 1 is 1.48 bits per heavy atom.